The SMILES string of the molecule is CC(=O)Cc1ccc2c(c1)Oc1ccccc1C2(C)C. The van der Waals surface area contributed by atoms with E-state index in [-0.39, 0.29) is 11.2 Å². The van der Waals surface area contributed by atoms with Crippen LogP contribution < -0.4 is 4.74 Å². The Kier molecular flexibility index (Phi) is 2.89. The van der Waals surface area contributed by atoms with Crippen LogP contribution in [0.25, 0.3) is 0 Å². The van der Waals surface area contributed by atoms with Gasteiger partial charge in [0.2, 0.25) is 0 Å². The Morgan fingerprint density at radius 1 is 1.05 bits per heavy atom. The first-order valence-corrected chi connectivity index (χ1v) is 6.88. The highest BCUT2D eigenvalue weighted by molar-refractivity contribution is 5.78. The second kappa shape index (κ2) is 4.48. The second-order valence-electron chi connectivity index (χ2n) is 5.93. The zero-order chi connectivity index (χ0) is 14.3. The number of rotatable bonds is 2. The highest BCUT2D eigenvalue weighted by Crippen LogP contribution is 2.47. The van der Waals surface area contributed by atoms with Gasteiger partial charge in [-0.2, -0.15) is 0 Å². The van der Waals surface area contributed by atoms with Crippen LogP contribution in [-0.4, -0.2) is 5.78 Å². The van der Waals surface area contributed by atoms with Crippen LogP contribution in [0.2, 0.25) is 0 Å². The molecule has 0 spiro atoms. The molecule has 0 saturated heterocycles. The first-order valence-electron chi connectivity index (χ1n) is 6.88. The van der Waals surface area contributed by atoms with Crippen molar-refractivity contribution in [1.82, 2.24) is 0 Å². The molecule has 0 atom stereocenters. The zero-order valence-electron chi connectivity index (χ0n) is 12.1. The smallest absolute Gasteiger partial charge is 0.134 e. The molecule has 0 N–H and O–H groups in total. The molecule has 20 heavy (non-hydrogen) atoms. The summed E-state index contributed by atoms with van der Waals surface area (Å²) in [6, 6.07) is 14.2. The average molecular weight is 266 g/mol. The van der Waals surface area contributed by atoms with Crippen molar-refractivity contribution in [2.24, 2.45) is 0 Å². The van der Waals surface area contributed by atoms with E-state index in [0.717, 1.165) is 17.1 Å². The maximum Gasteiger partial charge on any atom is 0.134 e. The molecule has 1 heterocycles. The quantitative estimate of drug-likeness (QED) is 0.812. The molecule has 0 fully saturated rings. The lowest BCUT2D eigenvalue weighted by atomic mass is 9.75. The molecule has 102 valence electrons. The third-order valence-corrected chi connectivity index (χ3v) is 3.95. The van der Waals surface area contributed by atoms with Crippen molar-refractivity contribution >= 4 is 5.78 Å². The maximum atomic E-state index is 11.3. The van der Waals surface area contributed by atoms with Crippen LogP contribution in [0.4, 0.5) is 0 Å². The van der Waals surface area contributed by atoms with Crippen LogP contribution >= 0.6 is 0 Å². The number of para-hydroxylation sites is 1. The minimum absolute atomic E-state index is 0.0844. The Balaban J connectivity index is 2.10. The van der Waals surface area contributed by atoms with Crippen molar-refractivity contribution in [3.05, 3.63) is 59.2 Å². The summed E-state index contributed by atoms with van der Waals surface area (Å²) in [5, 5.41) is 0. The molecule has 0 radical (unpaired) electrons. The number of carbonyl (C=O) groups excluding carboxylic acids is 1. The standard InChI is InChI=1S/C18H18O2/c1-12(19)10-13-8-9-15-17(11-13)20-16-7-5-4-6-14(16)18(15,2)3/h4-9,11H,10H2,1-3H3. The van der Waals surface area contributed by atoms with Gasteiger partial charge in [0.25, 0.3) is 0 Å². The number of fused-ring (bicyclic) bond motifs is 2. The van der Waals surface area contributed by atoms with Gasteiger partial charge in [-0.3, -0.25) is 4.79 Å². The molecule has 0 saturated carbocycles. The van der Waals surface area contributed by atoms with Gasteiger partial charge in [-0.1, -0.05) is 44.2 Å². The summed E-state index contributed by atoms with van der Waals surface area (Å²) in [5.41, 5.74) is 3.29. The van der Waals surface area contributed by atoms with Crippen LogP contribution in [0.15, 0.2) is 42.5 Å². The van der Waals surface area contributed by atoms with Crippen molar-refractivity contribution in [2.45, 2.75) is 32.6 Å². The van der Waals surface area contributed by atoms with Gasteiger partial charge in [-0.15, -0.1) is 0 Å². The molecule has 0 unspecified atom stereocenters. The molecule has 0 aliphatic carbocycles. The van der Waals surface area contributed by atoms with Gasteiger partial charge in [0.1, 0.15) is 17.3 Å². The lowest BCUT2D eigenvalue weighted by Gasteiger charge is -2.34. The molecule has 0 aromatic heterocycles. The summed E-state index contributed by atoms with van der Waals surface area (Å²) >= 11 is 0. The molecule has 1 aliphatic heterocycles. The van der Waals surface area contributed by atoms with Gasteiger partial charge in [-0.05, 0) is 24.6 Å². The summed E-state index contributed by atoms with van der Waals surface area (Å²) in [7, 11) is 0. The fourth-order valence-electron chi connectivity index (χ4n) is 2.90. The number of benzene rings is 2. The molecule has 1 aliphatic rings. The fraction of sp³-hybridized carbons (Fsp3) is 0.278. The number of Topliss-reactive ketones (excluding diaryl/α,β-unsaturated/α-hetero) is 1. The van der Waals surface area contributed by atoms with Gasteiger partial charge in [0.15, 0.2) is 0 Å². The Labute approximate surface area is 119 Å². The molecule has 0 amide bonds. The summed E-state index contributed by atoms with van der Waals surface area (Å²) in [6.45, 7) is 6.02. The van der Waals surface area contributed by atoms with E-state index >= 15 is 0 Å². The van der Waals surface area contributed by atoms with E-state index in [2.05, 4.69) is 26.0 Å². The fourth-order valence-corrected chi connectivity index (χ4v) is 2.90. The van der Waals surface area contributed by atoms with Crippen molar-refractivity contribution in [2.75, 3.05) is 0 Å². The Morgan fingerprint density at radius 2 is 1.75 bits per heavy atom. The highest BCUT2D eigenvalue weighted by atomic mass is 16.5. The summed E-state index contributed by atoms with van der Waals surface area (Å²) < 4.78 is 6.02. The van der Waals surface area contributed by atoms with E-state index in [4.69, 9.17) is 4.74 Å². The van der Waals surface area contributed by atoms with Crippen LogP contribution in [0.5, 0.6) is 11.5 Å². The minimum Gasteiger partial charge on any atom is -0.457 e. The number of hydrogen-bond acceptors (Lipinski definition) is 2. The van der Waals surface area contributed by atoms with E-state index in [1.807, 2.05) is 30.3 Å². The molecule has 0 bridgehead atoms. The highest BCUT2D eigenvalue weighted by Gasteiger charge is 2.33. The predicted octanol–water partition coefficient (Wildman–Crippen LogP) is 4.25. The second-order valence-corrected chi connectivity index (χ2v) is 5.93. The van der Waals surface area contributed by atoms with E-state index in [0.29, 0.717) is 6.42 Å². The number of hydrogen-bond donors (Lipinski definition) is 0. The Hall–Kier alpha value is -2.09. The minimum atomic E-state index is -0.0844. The first-order chi connectivity index (χ1) is 9.48. The topological polar surface area (TPSA) is 26.3 Å². The Bertz CT molecular complexity index is 684. The number of ether oxygens (including phenoxy) is 1. The molecule has 3 rings (SSSR count). The third-order valence-electron chi connectivity index (χ3n) is 3.95. The number of ketones is 1. The lowest BCUT2D eigenvalue weighted by molar-refractivity contribution is -0.116. The molecule has 2 nitrogen and oxygen atoms in total. The van der Waals surface area contributed by atoms with Crippen LogP contribution in [0.1, 0.15) is 37.5 Å². The van der Waals surface area contributed by atoms with E-state index < -0.39 is 0 Å². The van der Waals surface area contributed by atoms with Crippen molar-refractivity contribution in [3.8, 4) is 11.5 Å². The molecule has 2 aromatic carbocycles. The maximum absolute atomic E-state index is 11.3. The molecular formula is C18H18O2. The molecular weight excluding hydrogens is 248 g/mol. The van der Waals surface area contributed by atoms with E-state index in [1.54, 1.807) is 6.92 Å². The summed E-state index contributed by atoms with van der Waals surface area (Å²) in [5.74, 6) is 1.94. The van der Waals surface area contributed by atoms with Gasteiger partial charge in [0, 0.05) is 23.0 Å². The van der Waals surface area contributed by atoms with E-state index in [1.165, 1.54) is 11.1 Å². The Morgan fingerprint density at radius 3 is 2.50 bits per heavy atom. The zero-order valence-corrected chi connectivity index (χ0v) is 12.1. The number of carbonyl (C=O) groups is 1. The van der Waals surface area contributed by atoms with Gasteiger partial charge in [-0.25, -0.2) is 0 Å². The van der Waals surface area contributed by atoms with Gasteiger partial charge in [0.05, 0.1) is 0 Å². The first kappa shape index (κ1) is 12.9. The van der Waals surface area contributed by atoms with Gasteiger partial charge < -0.3 is 4.74 Å². The molecule has 2 aromatic rings. The third kappa shape index (κ3) is 2.01. The van der Waals surface area contributed by atoms with Crippen molar-refractivity contribution < 1.29 is 9.53 Å². The lowest BCUT2D eigenvalue weighted by Crippen LogP contribution is -2.24. The molecule has 2 heteroatoms. The summed E-state index contributed by atoms with van der Waals surface area (Å²) in [4.78, 5) is 11.3. The van der Waals surface area contributed by atoms with Crippen molar-refractivity contribution in [1.29, 1.82) is 0 Å². The van der Waals surface area contributed by atoms with Gasteiger partial charge >= 0.3 is 0 Å². The monoisotopic (exact) mass is 266 g/mol. The van der Waals surface area contributed by atoms with Crippen molar-refractivity contribution in [3.63, 3.8) is 0 Å². The normalized spacial score (nSPS) is 14.9. The van der Waals surface area contributed by atoms with Crippen LogP contribution in [-0.2, 0) is 16.6 Å². The average Bonchev–Trinajstić information content (AvgIpc) is 2.37. The predicted molar refractivity (Wildman–Crippen MR) is 79.5 cm³/mol. The largest absolute Gasteiger partial charge is 0.457 e. The van der Waals surface area contributed by atoms with Crippen LogP contribution in [0, 0.1) is 0 Å². The van der Waals surface area contributed by atoms with Crippen LogP contribution in [0.3, 0.4) is 0 Å². The van der Waals surface area contributed by atoms with E-state index in [9.17, 15) is 4.79 Å². The summed E-state index contributed by atoms with van der Waals surface area (Å²) in [6.07, 6.45) is 0.457.